The Labute approximate surface area is 113 Å². The van der Waals surface area contributed by atoms with E-state index in [1.807, 2.05) is 12.1 Å². The summed E-state index contributed by atoms with van der Waals surface area (Å²) in [6, 6.07) is 3.91. The highest BCUT2D eigenvalue weighted by Gasteiger charge is 2.35. The summed E-state index contributed by atoms with van der Waals surface area (Å²) >= 11 is 0. The second-order valence-electron chi connectivity index (χ2n) is 5.63. The van der Waals surface area contributed by atoms with Gasteiger partial charge >= 0.3 is 0 Å². The molecule has 1 aliphatic rings. The lowest BCUT2D eigenvalue weighted by Crippen LogP contribution is -2.26. The zero-order valence-electron chi connectivity index (χ0n) is 11.2. The Morgan fingerprint density at radius 1 is 1.16 bits per heavy atom. The molecule has 0 amide bonds. The Hall–Kier alpha value is -1.84. The maximum absolute atomic E-state index is 5.99. The molecule has 1 fully saturated rings. The molecule has 0 saturated heterocycles. The molecule has 4 heteroatoms. The van der Waals surface area contributed by atoms with Crippen LogP contribution in [0.3, 0.4) is 0 Å². The van der Waals surface area contributed by atoms with Crippen molar-refractivity contribution in [1.82, 2.24) is 10.1 Å². The first kappa shape index (κ1) is 12.2. The lowest BCUT2D eigenvalue weighted by molar-refractivity contribution is 0.295. The Bertz CT molecular complexity index is 556. The SMILES string of the molecule is CC1(c2noc(N)c2-c2ccncc2)CCCCC1. The standard InChI is InChI=1S/C15H19N3O/c1-15(7-3-2-4-8-15)13-12(14(16)19-18-13)11-5-9-17-10-6-11/h5-6,9-10H,2-4,7-8,16H2,1H3. The molecule has 2 heterocycles. The zero-order chi connectivity index (χ0) is 13.3. The van der Waals surface area contributed by atoms with Crippen LogP contribution in [0.5, 0.6) is 0 Å². The van der Waals surface area contributed by atoms with Crippen LogP contribution in [-0.4, -0.2) is 10.1 Å². The molecule has 19 heavy (non-hydrogen) atoms. The van der Waals surface area contributed by atoms with E-state index in [0.717, 1.165) is 29.7 Å². The quantitative estimate of drug-likeness (QED) is 0.893. The predicted octanol–water partition coefficient (Wildman–Crippen LogP) is 3.54. The first-order valence-electron chi connectivity index (χ1n) is 6.87. The van der Waals surface area contributed by atoms with Crippen LogP contribution >= 0.6 is 0 Å². The van der Waals surface area contributed by atoms with Gasteiger partial charge in [0, 0.05) is 17.8 Å². The van der Waals surface area contributed by atoms with Crippen molar-refractivity contribution in [3.63, 3.8) is 0 Å². The molecule has 0 atom stereocenters. The van der Waals surface area contributed by atoms with E-state index in [2.05, 4.69) is 17.1 Å². The topological polar surface area (TPSA) is 64.9 Å². The fourth-order valence-corrected chi connectivity index (χ4v) is 3.08. The average Bonchev–Trinajstić information content (AvgIpc) is 2.83. The molecule has 1 aliphatic carbocycles. The lowest BCUT2D eigenvalue weighted by Gasteiger charge is -2.32. The lowest BCUT2D eigenvalue weighted by atomic mass is 9.72. The summed E-state index contributed by atoms with van der Waals surface area (Å²) in [6.45, 7) is 2.27. The van der Waals surface area contributed by atoms with Crippen LogP contribution in [0.2, 0.25) is 0 Å². The van der Waals surface area contributed by atoms with E-state index >= 15 is 0 Å². The molecule has 0 radical (unpaired) electrons. The van der Waals surface area contributed by atoms with E-state index in [9.17, 15) is 0 Å². The van der Waals surface area contributed by atoms with Crippen molar-refractivity contribution in [2.45, 2.75) is 44.4 Å². The monoisotopic (exact) mass is 257 g/mol. The summed E-state index contributed by atoms with van der Waals surface area (Å²) in [5, 5.41) is 4.27. The number of pyridine rings is 1. The van der Waals surface area contributed by atoms with E-state index < -0.39 is 0 Å². The van der Waals surface area contributed by atoms with Crippen molar-refractivity contribution >= 4 is 5.88 Å². The Balaban J connectivity index is 2.08. The van der Waals surface area contributed by atoms with Crippen LogP contribution in [0, 0.1) is 0 Å². The zero-order valence-corrected chi connectivity index (χ0v) is 11.2. The highest BCUT2D eigenvalue weighted by Crippen LogP contribution is 2.44. The van der Waals surface area contributed by atoms with E-state index in [-0.39, 0.29) is 5.41 Å². The Morgan fingerprint density at radius 3 is 2.53 bits per heavy atom. The van der Waals surface area contributed by atoms with Crippen LogP contribution in [0.1, 0.15) is 44.7 Å². The molecular formula is C15H19N3O. The van der Waals surface area contributed by atoms with E-state index in [4.69, 9.17) is 10.3 Å². The van der Waals surface area contributed by atoms with Gasteiger partial charge in [-0.15, -0.1) is 0 Å². The highest BCUT2D eigenvalue weighted by molar-refractivity contribution is 5.75. The van der Waals surface area contributed by atoms with Gasteiger partial charge in [-0.2, -0.15) is 0 Å². The molecule has 2 aromatic heterocycles. The summed E-state index contributed by atoms with van der Waals surface area (Å²) in [4.78, 5) is 4.05. The Morgan fingerprint density at radius 2 is 1.84 bits per heavy atom. The summed E-state index contributed by atoms with van der Waals surface area (Å²) in [5.41, 5.74) is 9.07. The van der Waals surface area contributed by atoms with Gasteiger partial charge in [0.15, 0.2) is 0 Å². The third-order valence-electron chi connectivity index (χ3n) is 4.22. The molecule has 0 aliphatic heterocycles. The molecule has 1 saturated carbocycles. The minimum atomic E-state index is 0.0813. The molecule has 3 rings (SSSR count). The predicted molar refractivity (Wildman–Crippen MR) is 74.6 cm³/mol. The number of aromatic nitrogens is 2. The van der Waals surface area contributed by atoms with Crippen molar-refractivity contribution in [2.75, 3.05) is 5.73 Å². The number of hydrogen-bond acceptors (Lipinski definition) is 4. The van der Waals surface area contributed by atoms with Crippen molar-refractivity contribution in [3.05, 3.63) is 30.2 Å². The largest absolute Gasteiger partial charge is 0.367 e. The maximum atomic E-state index is 5.99. The molecule has 0 aromatic carbocycles. The molecule has 0 spiro atoms. The molecule has 0 unspecified atom stereocenters. The highest BCUT2D eigenvalue weighted by atomic mass is 16.5. The van der Waals surface area contributed by atoms with E-state index in [0.29, 0.717) is 5.88 Å². The van der Waals surface area contributed by atoms with Gasteiger partial charge in [-0.1, -0.05) is 31.3 Å². The number of nitrogens with two attached hydrogens (primary N) is 1. The van der Waals surface area contributed by atoms with Crippen LogP contribution in [0.15, 0.2) is 29.0 Å². The van der Waals surface area contributed by atoms with Crippen LogP contribution in [-0.2, 0) is 5.41 Å². The van der Waals surface area contributed by atoms with Crippen molar-refractivity contribution in [2.24, 2.45) is 0 Å². The maximum Gasteiger partial charge on any atom is 0.230 e. The Kier molecular flexibility index (Phi) is 3.01. The summed E-state index contributed by atoms with van der Waals surface area (Å²) < 4.78 is 5.28. The van der Waals surface area contributed by atoms with Crippen molar-refractivity contribution in [3.8, 4) is 11.1 Å². The third kappa shape index (κ3) is 2.11. The third-order valence-corrected chi connectivity index (χ3v) is 4.22. The number of anilines is 1. The van der Waals surface area contributed by atoms with Crippen molar-refractivity contribution < 1.29 is 4.52 Å². The average molecular weight is 257 g/mol. The molecule has 0 bridgehead atoms. The second kappa shape index (κ2) is 4.68. The molecule has 100 valence electrons. The smallest absolute Gasteiger partial charge is 0.230 e. The molecule has 4 nitrogen and oxygen atoms in total. The van der Waals surface area contributed by atoms with Gasteiger partial charge < -0.3 is 10.3 Å². The minimum Gasteiger partial charge on any atom is -0.367 e. The van der Waals surface area contributed by atoms with Gasteiger partial charge in [0.05, 0.1) is 11.3 Å². The van der Waals surface area contributed by atoms with Crippen molar-refractivity contribution in [1.29, 1.82) is 0 Å². The second-order valence-corrected chi connectivity index (χ2v) is 5.63. The van der Waals surface area contributed by atoms with Gasteiger partial charge in [-0.05, 0) is 30.5 Å². The minimum absolute atomic E-state index is 0.0813. The molecule has 2 N–H and O–H groups in total. The van der Waals surface area contributed by atoms with Gasteiger partial charge in [0.2, 0.25) is 5.88 Å². The summed E-state index contributed by atoms with van der Waals surface area (Å²) in [5.74, 6) is 0.410. The van der Waals surface area contributed by atoms with Gasteiger partial charge in [-0.25, -0.2) is 0 Å². The molecule has 2 aromatic rings. The number of hydrogen-bond donors (Lipinski definition) is 1. The first-order valence-corrected chi connectivity index (χ1v) is 6.87. The summed E-state index contributed by atoms with van der Waals surface area (Å²) in [7, 11) is 0. The fraction of sp³-hybridized carbons (Fsp3) is 0.467. The summed E-state index contributed by atoms with van der Waals surface area (Å²) in [6.07, 6.45) is 9.66. The van der Waals surface area contributed by atoms with Crippen LogP contribution in [0.25, 0.3) is 11.1 Å². The first-order chi connectivity index (χ1) is 9.21. The van der Waals surface area contributed by atoms with Gasteiger partial charge in [0.25, 0.3) is 0 Å². The van der Waals surface area contributed by atoms with Crippen LogP contribution < -0.4 is 5.73 Å². The van der Waals surface area contributed by atoms with Crippen LogP contribution in [0.4, 0.5) is 5.88 Å². The number of rotatable bonds is 2. The molecular weight excluding hydrogens is 238 g/mol. The van der Waals surface area contributed by atoms with Gasteiger partial charge in [-0.3, -0.25) is 4.98 Å². The van der Waals surface area contributed by atoms with E-state index in [1.54, 1.807) is 12.4 Å². The van der Waals surface area contributed by atoms with Gasteiger partial charge in [0.1, 0.15) is 0 Å². The fourth-order valence-electron chi connectivity index (χ4n) is 3.08. The normalized spacial score (nSPS) is 18.4. The number of nitrogens with zero attached hydrogens (tertiary/aromatic N) is 2. The number of nitrogen functional groups attached to an aromatic ring is 1. The van der Waals surface area contributed by atoms with E-state index in [1.165, 1.54) is 19.3 Å².